The zero-order valence-corrected chi connectivity index (χ0v) is 13.3. The van der Waals surface area contributed by atoms with E-state index in [-0.39, 0.29) is 11.2 Å². The van der Waals surface area contributed by atoms with Gasteiger partial charge in [-0.3, -0.25) is 4.79 Å². The van der Waals surface area contributed by atoms with Gasteiger partial charge < -0.3 is 9.47 Å². The number of rotatable bonds is 2. The van der Waals surface area contributed by atoms with Gasteiger partial charge in [-0.15, -0.1) is 22.0 Å². The van der Waals surface area contributed by atoms with Crippen LogP contribution in [-0.4, -0.2) is 37.4 Å². The van der Waals surface area contributed by atoms with Gasteiger partial charge in [0.2, 0.25) is 5.91 Å². The molecule has 1 aromatic carbocycles. The van der Waals surface area contributed by atoms with Gasteiger partial charge in [-0.1, -0.05) is 25.1 Å². The molecule has 2 aliphatic rings. The van der Waals surface area contributed by atoms with Crippen molar-refractivity contribution in [3.8, 4) is 0 Å². The highest BCUT2D eigenvalue weighted by Gasteiger charge is 2.33. The van der Waals surface area contributed by atoms with E-state index in [1.54, 1.807) is 11.8 Å². The Balaban J connectivity index is 1.49. The predicted molar refractivity (Wildman–Crippen MR) is 84.6 cm³/mol. The van der Waals surface area contributed by atoms with Crippen LogP contribution in [0.25, 0.3) is 0 Å². The number of benzene rings is 1. The Labute approximate surface area is 133 Å². The Hall–Kier alpha value is -1.82. The first-order chi connectivity index (χ1) is 10.8. The zero-order chi connectivity index (χ0) is 15.1. The first kappa shape index (κ1) is 13.8. The molecule has 1 atom stereocenters. The van der Waals surface area contributed by atoms with Crippen molar-refractivity contribution in [1.82, 2.24) is 19.7 Å². The fourth-order valence-corrected chi connectivity index (χ4v) is 4.47. The highest BCUT2D eigenvalue weighted by molar-refractivity contribution is 8.01. The van der Waals surface area contributed by atoms with Crippen molar-refractivity contribution in [1.29, 1.82) is 0 Å². The monoisotopic (exact) mass is 314 g/mol. The molecule has 0 N–H and O–H groups in total. The Morgan fingerprint density at radius 1 is 1.32 bits per heavy atom. The molecular weight excluding hydrogens is 296 g/mol. The molecule has 2 aliphatic heterocycles. The van der Waals surface area contributed by atoms with Gasteiger partial charge in [0.25, 0.3) is 0 Å². The summed E-state index contributed by atoms with van der Waals surface area (Å²) in [6.45, 7) is 4.23. The van der Waals surface area contributed by atoms with E-state index in [1.807, 2.05) is 17.0 Å². The molecular formula is C16H18N4OS. The third-order valence-electron chi connectivity index (χ3n) is 4.38. The minimum Gasteiger partial charge on any atom is -0.332 e. The molecule has 1 unspecified atom stereocenters. The van der Waals surface area contributed by atoms with E-state index in [0.717, 1.165) is 37.6 Å². The first-order valence-electron chi connectivity index (χ1n) is 7.70. The number of thioether (sulfide) groups is 1. The highest BCUT2D eigenvalue weighted by Crippen LogP contribution is 2.37. The molecule has 2 aromatic rings. The van der Waals surface area contributed by atoms with Crippen LogP contribution in [0.1, 0.15) is 24.1 Å². The van der Waals surface area contributed by atoms with Crippen molar-refractivity contribution in [2.75, 3.05) is 6.54 Å². The molecule has 6 heteroatoms. The van der Waals surface area contributed by atoms with E-state index in [4.69, 9.17) is 0 Å². The third-order valence-corrected chi connectivity index (χ3v) is 5.69. The van der Waals surface area contributed by atoms with Crippen LogP contribution in [0.15, 0.2) is 29.2 Å². The molecule has 0 radical (unpaired) electrons. The summed E-state index contributed by atoms with van der Waals surface area (Å²) in [5, 5.41) is 8.46. The summed E-state index contributed by atoms with van der Waals surface area (Å²) < 4.78 is 2.15. The molecule has 0 saturated carbocycles. The maximum Gasteiger partial charge on any atom is 0.236 e. The SMILES string of the molecule is CCc1nnc2n1CCN(C(=O)C1Cc3ccccc3S1)C2. The summed E-state index contributed by atoms with van der Waals surface area (Å²) in [4.78, 5) is 16.0. The highest BCUT2D eigenvalue weighted by atomic mass is 32.2. The summed E-state index contributed by atoms with van der Waals surface area (Å²) in [5.74, 6) is 2.16. The number of aryl methyl sites for hydroxylation is 1. The van der Waals surface area contributed by atoms with Crippen LogP contribution in [0.5, 0.6) is 0 Å². The lowest BCUT2D eigenvalue weighted by Gasteiger charge is -2.29. The maximum absolute atomic E-state index is 12.8. The Bertz CT molecular complexity index is 702. The van der Waals surface area contributed by atoms with Crippen molar-refractivity contribution in [2.24, 2.45) is 0 Å². The number of nitrogens with zero attached hydrogens (tertiary/aromatic N) is 4. The standard InChI is InChI=1S/C16H18N4OS/c1-2-14-17-18-15-10-19(7-8-20(14)15)16(21)13-9-11-5-3-4-6-12(11)22-13/h3-6,13H,2,7-10H2,1H3. The van der Waals surface area contributed by atoms with E-state index in [0.29, 0.717) is 6.54 Å². The van der Waals surface area contributed by atoms with Crippen LogP contribution in [0.3, 0.4) is 0 Å². The maximum atomic E-state index is 12.8. The van der Waals surface area contributed by atoms with Gasteiger partial charge in [-0.25, -0.2) is 0 Å². The topological polar surface area (TPSA) is 51.0 Å². The van der Waals surface area contributed by atoms with Crippen LogP contribution in [0, 0.1) is 0 Å². The number of aromatic nitrogens is 3. The molecule has 114 valence electrons. The Kier molecular flexibility index (Phi) is 3.41. The van der Waals surface area contributed by atoms with Crippen molar-refractivity contribution in [2.45, 2.75) is 43.0 Å². The Morgan fingerprint density at radius 3 is 3.00 bits per heavy atom. The number of carbonyl (C=O) groups is 1. The average Bonchev–Trinajstić information content (AvgIpc) is 3.17. The number of fused-ring (bicyclic) bond motifs is 2. The van der Waals surface area contributed by atoms with Crippen molar-refractivity contribution < 1.29 is 4.79 Å². The second-order valence-corrected chi connectivity index (χ2v) is 6.96. The second kappa shape index (κ2) is 5.43. The zero-order valence-electron chi connectivity index (χ0n) is 12.5. The molecule has 1 amide bonds. The van der Waals surface area contributed by atoms with Crippen molar-refractivity contribution in [3.63, 3.8) is 0 Å². The van der Waals surface area contributed by atoms with Crippen LogP contribution in [-0.2, 0) is 30.7 Å². The van der Waals surface area contributed by atoms with Gasteiger partial charge in [0.15, 0.2) is 5.82 Å². The number of hydrogen-bond donors (Lipinski definition) is 0. The predicted octanol–water partition coefficient (Wildman–Crippen LogP) is 1.90. The third kappa shape index (κ3) is 2.22. The van der Waals surface area contributed by atoms with E-state index in [1.165, 1.54) is 10.5 Å². The van der Waals surface area contributed by atoms with Gasteiger partial charge >= 0.3 is 0 Å². The quantitative estimate of drug-likeness (QED) is 0.849. The molecule has 0 fully saturated rings. The van der Waals surface area contributed by atoms with Crippen molar-refractivity contribution in [3.05, 3.63) is 41.5 Å². The summed E-state index contributed by atoms with van der Waals surface area (Å²) in [6.07, 6.45) is 1.72. The van der Waals surface area contributed by atoms with E-state index in [9.17, 15) is 4.79 Å². The van der Waals surface area contributed by atoms with Gasteiger partial charge in [-0.2, -0.15) is 0 Å². The average molecular weight is 314 g/mol. The van der Waals surface area contributed by atoms with Crippen LogP contribution in [0.2, 0.25) is 0 Å². The first-order valence-corrected chi connectivity index (χ1v) is 8.58. The van der Waals surface area contributed by atoms with Crippen LogP contribution in [0.4, 0.5) is 0 Å². The fraction of sp³-hybridized carbons (Fsp3) is 0.438. The molecule has 3 heterocycles. The lowest BCUT2D eigenvalue weighted by atomic mass is 10.1. The molecule has 5 nitrogen and oxygen atoms in total. The Morgan fingerprint density at radius 2 is 2.18 bits per heavy atom. The van der Waals surface area contributed by atoms with Gasteiger partial charge in [0.1, 0.15) is 5.82 Å². The molecule has 4 rings (SSSR count). The molecule has 0 aliphatic carbocycles. The summed E-state index contributed by atoms with van der Waals surface area (Å²) in [5.41, 5.74) is 1.29. The summed E-state index contributed by atoms with van der Waals surface area (Å²) in [7, 11) is 0. The summed E-state index contributed by atoms with van der Waals surface area (Å²) in [6, 6.07) is 8.31. The fourth-order valence-electron chi connectivity index (χ4n) is 3.19. The largest absolute Gasteiger partial charge is 0.332 e. The normalized spacial score (nSPS) is 19.9. The molecule has 0 spiro atoms. The number of amides is 1. The molecule has 0 bridgehead atoms. The van der Waals surface area contributed by atoms with E-state index >= 15 is 0 Å². The van der Waals surface area contributed by atoms with Crippen molar-refractivity contribution >= 4 is 17.7 Å². The lowest BCUT2D eigenvalue weighted by molar-refractivity contribution is -0.132. The van der Waals surface area contributed by atoms with Gasteiger partial charge in [-0.05, 0) is 18.1 Å². The molecule has 1 aromatic heterocycles. The number of carbonyl (C=O) groups excluding carboxylic acids is 1. The van der Waals surface area contributed by atoms with Gasteiger partial charge in [0, 0.05) is 24.4 Å². The van der Waals surface area contributed by atoms with Crippen LogP contribution < -0.4 is 0 Å². The minimum absolute atomic E-state index is 0.0116. The minimum atomic E-state index is 0.0116. The second-order valence-electron chi connectivity index (χ2n) is 5.72. The molecule has 0 saturated heterocycles. The number of hydrogen-bond acceptors (Lipinski definition) is 4. The summed E-state index contributed by atoms with van der Waals surface area (Å²) >= 11 is 1.69. The van der Waals surface area contributed by atoms with Gasteiger partial charge in [0.05, 0.1) is 11.8 Å². The smallest absolute Gasteiger partial charge is 0.236 e. The lowest BCUT2D eigenvalue weighted by Crippen LogP contribution is -2.43. The van der Waals surface area contributed by atoms with Crippen LogP contribution >= 0.6 is 11.8 Å². The molecule has 22 heavy (non-hydrogen) atoms. The van der Waals surface area contributed by atoms with E-state index < -0.39 is 0 Å². The van der Waals surface area contributed by atoms with E-state index in [2.05, 4.69) is 33.8 Å².